The summed E-state index contributed by atoms with van der Waals surface area (Å²) in [5, 5.41) is 3.84. The van der Waals surface area contributed by atoms with Crippen molar-refractivity contribution < 1.29 is 8.78 Å². The van der Waals surface area contributed by atoms with Crippen molar-refractivity contribution >= 4 is 11.6 Å². The van der Waals surface area contributed by atoms with E-state index in [-0.39, 0.29) is 17.6 Å². The van der Waals surface area contributed by atoms with Gasteiger partial charge < -0.3 is 5.32 Å². The van der Waals surface area contributed by atoms with Crippen LogP contribution in [-0.2, 0) is 6.42 Å². The maximum absolute atomic E-state index is 13.4. The monoisotopic (exact) mass is 309 g/mol. The molecule has 0 bridgehead atoms. The van der Waals surface area contributed by atoms with Crippen LogP contribution in [0.2, 0.25) is 5.02 Å². The molecule has 2 aromatic carbocycles. The predicted octanol–water partition coefficient (Wildman–Crippen LogP) is 4.55. The molecule has 4 heteroatoms. The van der Waals surface area contributed by atoms with E-state index in [4.69, 9.17) is 11.6 Å². The fourth-order valence-electron chi connectivity index (χ4n) is 2.33. The molecule has 0 aliphatic heterocycles. The van der Waals surface area contributed by atoms with Gasteiger partial charge in [-0.2, -0.15) is 0 Å². The lowest BCUT2D eigenvalue weighted by Crippen LogP contribution is -2.22. The van der Waals surface area contributed by atoms with Crippen LogP contribution in [0.4, 0.5) is 8.78 Å². The first kappa shape index (κ1) is 15.9. The number of halogens is 3. The summed E-state index contributed by atoms with van der Waals surface area (Å²) in [6.07, 6.45) is 0.606. The quantitative estimate of drug-likeness (QED) is 0.825. The summed E-state index contributed by atoms with van der Waals surface area (Å²) in [6, 6.07) is 10.8. The Labute approximate surface area is 128 Å². The van der Waals surface area contributed by atoms with Crippen molar-refractivity contribution in [3.63, 3.8) is 0 Å². The molecule has 1 unspecified atom stereocenters. The maximum Gasteiger partial charge on any atom is 0.123 e. The number of hydrogen-bond donors (Lipinski definition) is 1. The molecule has 1 nitrogen and oxygen atoms in total. The SMILES string of the molecule is CCNCC(Cc1cc(F)ccc1Cl)c1ccc(F)cc1. The van der Waals surface area contributed by atoms with Crippen molar-refractivity contribution in [3.8, 4) is 0 Å². The summed E-state index contributed by atoms with van der Waals surface area (Å²) < 4.78 is 26.4. The van der Waals surface area contributed by atoms with E-state index in [1.807, 2.05) is 6.92 Å². The van der Waals surface area contributed by atoms with Crippen LogP contribution in [0, 0.1) is 11.6 Å². The topological polar surface area (TPSA) is 12.0 Å². The highest BCUT2D eigenvalue weighted by Gasteiger charge is 2.14. The van der Waals surface area contributed by atoms with Gasteiger partial charge in [0.25, 0.3) is 0 Å². The fourth-order valence-corrected chi connectivity index (χ4v) is 2.52. The first-order valence-electron chi connectivity index (χ1n) is 7.00. The standard InChI is InChI=1S/C17H18ClF2N/c1-2-21-11-14(12-3-5-15(19)6-4-12)9-13-10-16(20)7-8-17(13)18/h3-8,10,14,21H,2,9,11H2,1H3. The average molecular weight is 310 g/mol. The van der Waals surface area contributed by atoms with Crippen LogP contribution >= 0.6 is 11.6 Å². The van der Waals surface area contributed by atoms with Gasteiger partial charge in [0.2, 0.25) is 0 Å². The highest BCUT2D eigenvalue weighted by molar-refractivity contribution is 6.31. The van der Waals surface area contributed by atoms with Gasteiger partial charge in [-0.1, -0.05) is 30.7 Å². The molecule has 112 valence electrons. The fraction of sp³-hybridized carbons (Fsp3) is 0.294. The third-order valence-electron chi connectivity index (χ3n) is 3.46. The summed E-state index contributed by atoms with van der Waals surface area (Å²) in [4.78, 5) is 0. The van der Waals surface area contributed by atoms with Crippen molar-refractivity contribution in [2.75, 3.05) is 13.1 Å². The van der Waals surface area contributed by atoms with Crippen molar-refractivity contribution in [1.29, 1.82) is 0 Å². The molecule has 1 atom stereocenters. The highest BCUT2D eigenvalue weighted by atomic mass is 35.5. The Hall–Kier alpha value is -1.45. The molecule has 0 radical (unpaired) electrons. The molecule has 0 aromatic heterocycles. The molecule has 0 saturated heterocycles. The summed E-state index contributed by atoms with van der Waals surface area (Å²) in [6.45, 7) is 3.60. The minimum Gasteiger partial charge on any atom is -0.316 e. The Balaban J connectivity index is 2.23. The Morgan fingerprint density at radius 2 is 1.71 bits per heavy atom. The van der Waals surface area contributed by atoms with E-state index in [1.165, 1.54) is 24.3 Å². The van der Waals surface area contributed by atoms with Crippen molar-refractivity contribution in [3.05, 3.63) is 70.2 Å². The second kappa shape index (κ2) is 7.53. The molecule has 0 aliphatic rings. The number of nitrogens with one attached hydrogen (secondary N) is 1. The summed E-state index contributed by atoms with van der Waals surface area (Å²) in [7, 11) is 0. The zero-order valence-electron chi connectivity index (χ0n) is 11.9. The van der Waals surface area contributed by atoms with Gasteiger partial charge in [-0.05, 0) is 54.4 Å². The highest BCUT2D eigenvalue weighted by Crippen LogP contribution is 2.26. The molecule has 21 heavy (non-hydrogen) atoms. The Kier molecular flexibility index (Phi) is 5.71. The van der Waals surface area contributed by atoms with Crippen molar-refractivity contribution in [1.82, 2.24) is 5.32 Å². The lowest BCUT2D eigenvalue weighted by molar-refractivity contribution is 0.585. The molecule has 0 saturated carbocycles. The number of hydrogen-bond acceptors (Lipinski definition) is 1. The van der Waals surface area contributed by atoms with E-state index < -0.39 is 0 Å². The minimum atomic E-state index is -0.296. The number of benzene rings is 2. The maximum atomic E-state index is 13.4. The molecule has 0 heterocycles. The third-order valence-corrected chi connectivity index (χ3v) is 3.82. The van der Waals surface area contributed by atoms with Crippen LogP contribution in [0.25, 0.3) is 0 Å². The molecule has 2 aromatic rings. The van der Waals surface area contributed by atoms with Crippen LogP contribution < -0.4 is 5.32 Å². The van der Waals surface area contributed by atoms with Gasteiger partial charge in [0.15, 0.2) is 0 Å². The first-order chi connectivity index (χ1) is 10.1. The van der Waals surface area contributed by atoms with Gasteiger partial charge in [-0.15, -0.1) is 0 Å². The lowest BCUT2D eigenvalue weighted by Gasteiger charge is -2.19. The van der Waals surface area contributed by atoms with Gasteiger partial charge in [-0.3, -0.25) is 0 Å². The molecular formula is C17H18ClF2N. The van der Waals surface area contributed by atoms with E-state index in [0.29, 0.717) is 11.4 Å². The second-order valence-corrected chi connectivity index (χ2v) is 5.40. The molecule has 2 rings (SSSR count). The Bertz CT molecular complexity index is 584. The van der Waals surface area contributed by atoms with Gasteiger partial charge in [-0.25, -0.2) is 8.78 Å². The average Bonchev–Trinajstić information content (AvgIpc) is 2.48. The van der Waals surface area contributed by atoms with Crippen LogP contribution in [0.15, 0.2) is 42.5 Å². The predicted molar refractivity (Wildman–Crippen MR) is 82.8 cm³/mol. The van der Waals surface area contributed by atoms with Crippen LogP contribution in [0.5, 0.6) is 0 Å². The van der Waals surface area contributed by atoms with Gasteiger partial charge in [0.1, 0.15) is 11.6 Å². The summed E-state index contributed by atoms with van der Waals surface area (Å²) in [5.41, 5.74) is 1.78. The molecule has 0 amide bonds. The Morgan fingerprint density at radius 1 is 1.05 bits per heavy atom. The number of rotatable bonds is 6. The molecular weight excluding hydrogens is 292 g/mol. The molecule has 0 fully saturated rings. The molecule has 0 spiro atoms. The van der Waals surface area contributed by atoms with Crippen LogP contribution in [0.3, 0.4) is 0 Å². The molecule has 0 aliphatic carbocycles. The van der Waals surface area contributed by atoms with E-state index in [9.17, 15) is 8.78 Å². The van der Waals surface area contributed by atoms with E-state index >= 15 is 0 Å². The second-order valence-electron chi connectivity index (χ2n) is 5.00. The zero-order valence-corrected chi connectivity index (χ0v) is 12.6. The van der Waals surface area contributed by atoms with E-state index in [1.54, 1.807) is 18.2 Å². The van der Waals surface area contributed by atoms with Crippen LogP contribution in [0.1, 0.15) is 24.0 Å². The normalized spacial score (nSPS) is 12.4. The smallest absolute Gasteiger partial charge is 0.123 e. The first-order valence-corrected chi connectivity index (χ1v) is 7.38. The Morgan fingerprint density at radius 3 is 2.38 bits per heavy atom. The van der Waals surface area contributed by atoms with Crippen molar-refractivity contribution in [2.24, 2.45) is 0 Å². The summed E-state index contributed by atoms with van der Waals surface area (Å²) >= 11 is 6.14. The van der Waals surface area contributed by atoms with E-state index in [2.05, 4.69) is 5.32 Å². The van der Waals surface area contributed by atoms with Crippen LogP contribution in [-0.4, -0.2) is 13.1 Å². The molecule has 1 N–H and O–H groups in total. The number of likely N-dealkylation sites (N-methyl/N-ethyl adjacent to an activating group) is 1. The van der Waals surface area contributed by atoms with Gasteiger partial charge in [0, 0.05) is 17.5 Å². The minimum absolute atomic E-state index is 0.116. The zero-order chi connectivity index (χ0) is 15.2. The largest absolute Gasteiger partial charge is 0.316 e. The van der Waals surface area contributed by atoms with E-state index in [0.717, 1.165) is 24.2 Å². The van der Waals surface area contributed by atoms with Gasteiger partial charge in [0.05, 0.1) is 0 Å². The lowest BCUT2D eigenvalue weighted by atomic mass is 9.91. The summed E-state index contributed by atoms with van der Waals surface area (Å²) in [5.74, 6) is -0.440. The van der Waals surface area contributed by atoms with Crippen molar-refractivity contribution in [2.45, 2.75) is 19.3 Å². The third kappa shape index (κ3) is 4.51. The van der Waals surface area contributed by atoms with Gasteiger partial charge >= 0.3 is 0 Å².